The van der Waals surface area contributed by atoms with Gasteiger partial charge in [0.2, 0.25) is 5.91 Å². The molecule has 210 valence electrons. The summed E-state index contributed by atoms with van der Waals surface area (Å²) in [7, 11) is 0. The largest absolute Gasteiger partial charge is 0.351 e. The molecule has 2 aliphatic rings. The predicted molar refractivity (Wildman–Crippen MR) is 167 cm³/mol. The van der Waals surface area contributed by atoms with E-state index < -0.39 is 0 Å². The van der Waals surface area contributed by atoms with E-state index in [-0.39, 0.29) is 17.7 Å². The van der Waals surface area contributed by atoms with Crippen molar-refractivity contribution in [3.05, 3.63) is 79.5 Å². The Morgan fingerprint density at radius 2 is 1.70 bits per heavy atom. The molecular weight excluding hydrogens is 638 g/mol. The topological polar surface area (TPSA) is 106 Å². The van der Waals surface area contributed by atoms with Crippen molar-refractivity contribution in [1.82, 2.24) is 15.2 Å². The number of carbonyl (C=O) groups is 3. The zero-order valence-electron chi connectivity index (χ0n) is 22.8. The minimum absolute atomic E-state index is 0.0816. The first-order chi connectivity index (χ1) is 19.2. The van der Waals surface area contributed by atoms with Gasteiger partial charge in [-0.2, -0.15) is 0 Å². The monoisotopic (exact) mass is 669 g/mol. The van der Waals surface area contributed by atoms with Gasteiger partial charge in [0.1, 0.15) is 5.69 Å². The molecular formula is C30H33Br2N5O3. The van der Waals surface area contributed by atoms with Gasteiger partial charge in [-0.1, -0.05) is 45.7 Å². The second-order valence-electron chi connectivity index (χ2n) is 9.64. The van der Waals surface area contributed by atoms with Crippen molar-refractivity contribution in [3.63, 3.8) is 0 Å². The summed E-state index contributed by atoms with van der Waals surface area (Å²) in [6, 6.07) is 13.3. The maximum absolute atomic E-state index is 12.5. The number of anilines is 2. The number of nitrogens with zero attached hydrogens (tertiary/aromatic N) is 1. The lowest BCUT2D eigenvalue weighted by Gasteiger charge is -2.17. The van der Waals surface area contributed by atoms with Crippen LogP contribution in [0, 0.1) is 6.92 Å². The fourth-order valence-corrected chi connectivity index (χ4v) is 5.40. The van der Waals surface area contributed by atoms with Gasteiger partial charge in [-0.15, -0.1) is 0 Å². The molecule has 0 saturated carbocycles. The summed E-state index contributed by atoms with van der Waals surface area (Å²) in [6.07, 6.45) is 3.23. The molecule has 3 heterocycles. The third-order valence-electron chi connectivity index (χ3n) is 6.88. The number of amides is 3. The SMILES string of the molecule is CCN(CC)CCCNC(=O)c1cc(C)c(C=C2C(=O)Nc3ccc(Br)cc32)[nH]1.O=C1Cc2cc(Br)ccc2N1. The highest BCUT2D eigenvalue weighted by Crippen LogP contribution is 2.35. The van der Waals surface area contributed by atoms with Gasteiger partial charge in [0.15, 0.2) is 0 Å². The molecule has 0 spiro atoms. The summed E-state index contributed by atoms with van der Waals surface area (Å²) >= 11 is 6.80. The van der Waals surface area contributed by atoms with Crippen LogP contribution in [0.25, 0.3) is 11.6 Å². The molecule has 8 nitrogen and oxygen atoms in total. The third-order valence-corrected chi connectivity index (χ3v) is 7.86. The van der Waals surface area contributed by atoms with E-state index in [1.807, 2.05) is 49.4 Å². The second kappa shape index (κ2) is 13.4. The summed E-state index contributed by atoms with van der Waals surface area (Å²) in [5.74, 6) is -0.191. The third kappa shape index (κ3) is 7.30. The number of aromatic amines is 1. The van der Waals surface area contributed by atoms with Crippen LogP contribution in [0.1, 0.15) is 53.1 Å². The predicted octanol–water partition coefficient (Wildman–Crippen LogP) is 5.98. The molecule has 0 unspecified atom stereocenters. The number of halogens is 2. The molecule has 0 bridgehead atoms. The molecule has 3 amide bonds. The Morgan fingerprint density at radius 3 is 2.42 bits per heavy atom. The zero-order valence-corrected chi connectivity index (χ0v) is 26.0. The average molecular weight is 671 g/mol. The van der Waals surface area contributed by atoms with E-state index in [0.29, 0.717) is 24.2 Å². The van der Waals surface area contributed by atoms with Gasteiger partial charge >= 0.3 is 0 Å². The van der Waals surface area contributed by atoms with Gasteiger partial charge in [0.25, 0.3) is 11.8 Å². The highest BCUT2D eigenvalue weighted by molar-refractivity contribution is 9.10. The average Bonchev–Trinajstić information content (AvgIpc) is 3.58. The molecule has 0 aliphatic carbocycles. The Kier molecular flexibility index (Phi) is 9.99. The van der Waals surface area contributed by atoms with Crippen molar-refractivity contribution in [2.45, 2.75) is 33.6 Å². The van der Waals surface area contributed by atoms with Crippen LogP contribution in [0.3, 0.4) is 0 Å². The second-order valence-corrected chi connectivity index (χ2v) is 11.5. The van der Waals surface area contributed by atoms with Gasteiger partial charge in [-0.25, -0.2) is 0 Å². The van der Waals surface area contributed by atoms with E-state index in [0.717, 1.165) is 68.8 Å². The Labute approximate surface area is 251 Å². The number of aromatic nitrogens is 1. The molecule has 2 aliphatic heterocycles. The maximum atomic E-state index is 12.5. The van der Waals surface area contributed by atoms with Crippen LogP contribution in [-0.2, 0) is 16.0 Å². The molecule has 1 aromatic heterocycles. The molecule has 0 radical (unpaired) electrons. The van der Waals surface area contributed by atoms with Crippen LogP contribution in [0.2, 0.25) is 0 Å². The van der Waals surface area contributed by atoms with Crippen LogP contribution in [-0.4, -0.2) is 53.8 Å². The number of aryl methyl sites for hydroxylation is 1. The first kappa shape index (κ1) is 29.8. The standard InChI is InChI=1S/C22H27BrN4O2.C8H6BrNO/c1-4-27(5-2)10-6-9-24-22(29)20-11-14(3)19(25-20)13-17-16-12-15(23)7-8-18(16)26-21(17)28;9-6-1-2-7-5(3-6)4-8(11)10-7/h7-8,11-13,25H,4-6,9-10H2,1-3H3,(H,24,29)(H,26,28);1-3H,4H2,(H,10,11). The minimum atomic E-state index is -0.144. The van der Waals surface area contributed by atoms with Crippen molar-refractivity contribution in [1.29, 1.82) is 0 Å². The molecule has 2 aromatic carbocycles. The number of hydrogen-bond donors (Lipinski definition) is 4. The van der Waals surface area contributed by atoms with Crippen molar-refractivity contribution in [3.8, 4) is 0 Å². The molecule has 40 heavy (non-hydrogen) atoms. The Hall–Kier alpha value is -3.21. The summed E-state index contributed by atoms with van der Waals surface area (Å²) in [4.78, 5) is 41.2. The quantitative estimate of drug-likeness (QED) is 0.175. The zero-order chi connectivity index (χ0) is 28.8. The number of carbonyl (C=O) groups excluding carboxylic acids is 3. The number of benzene rings is 2. The molecule has 0 saturated heterocycles. The normalized spacial score (nSPS) is 14.4. The minimum Gasteiger partial charge on any atom is -0.351 e. The smallest absolute Gasteiger partial charge is 0.267 e. The molecule has 3 aromatic rings. The van der Waals surface area contributed by atoms with E-state index in [1.165, 1.54) is 0 Å². The molecule has 0 fully saturated rings. The molecule has 10 heteroatoms. The van der Waals surface area contributed by atoms with Crippen LogP contribution in [0.4, 0.5) is 11.4 Å². The lowest BCUT2D eigenvalue weighted by molar-refractivity contribution is -0.115. The number of fused-ring (bicyclic) bond motifs is 2. The fourth-order valence-electron chi connectivity index (χ4n) is 4.63. The Balaban J connectivity index is 0.000000278. The Bertz CT molecular complexity index is 1460. The highest BCUT2D eigenvalue weighted by atomic mass is 79.9. The van der Waals surface area contributed by atoms with Gasteiger partial charge in [-0.3, -0.25) is 14.4 Å². The van der Waals surface area contributed by atoms with E-state index in [2.05, 4.69) is 71.5 Å². The maximum Gasteiger partial charge on any atom is 0.267 e. The van der Waals surface area contributed by atoms with Crippen LogP contribution in [0.15, 0.2) is 51.4 Å². The highest BCUT2D eigenvalue weighted by Gasteiger charge is 2.25. The molecule has 0 atom stereocenters. The summed E-state index contributed by atoms with van der Waals surface area (Å²) in [5, 5.41) is 8.60. The summed E-state index contributed by atoms with van der Waals surface area (Å²) < 4.78 is 1.93. The van der Waals surface area contributed by atoms with Gasteiger partial charge < -0.3 is 25.8 Å². The number of nitrogens with one attached hydrogen (secondary N) is 4. The fraction of sp³-hybridized carbons (Fsp3) is 0.300. The Morgan fingerprint density at radius 1 is 1.00 bits per heavy atom. The van der Waals surface area contributed by atoms with Crippen LogP contribution >= 0.6 is 31.9 Å². The van der Waals surface area contributed by atoms with Gasteiger partial charge in [-0.05, 0) is 92.6 Å². The van der Waals surface area contributed by atoms with Gasteiger partial charge in [0.05, 0.1) is 12.0 Å². The van der Waals surface area contributed by atoms with Crippen molar-refractivity contribution in [2.75, 3.05) is 36.8 Å². The van der Waals surface area contributed by atoms with Crippen LogP contribution < -0.4 is 16.0 Å². The van der Waals surface area contributed by atoms with Crippen LogP contribution in [0.5, 0.6) is 0 Å². The van der Waals surface area contributed by atoms with E-state index in [1.54, 1.807) is 6.08 Å². The number of H-pyrrole nitrogens is 1. The van der Waals surface area contributed by atoms with Crippen molar-refractivity contribution >= 4 is 72.6 Å². The summed E-state index contributed by atoms with van der Waals surface area (Å²) in [6.45, 7) is 9.85. The first-order valence-electron chi connectivity index (χ1n) is 13.3. The van der Waals surface area contributed by atoms with E-state index in [4.69, 9.17) is 0 Å². The van der Waals surface area contributed by atoms with Crippen molar-refractivity contribution in [2.24, 2.45) is 0 Å². The molecule has 5 rings (SSSR count). The number of rotatable bonds is 8. The first-order valence-corrected chi connectivity index (χ1v) is 14.9. The van der Waals surface area contributed by atoms with Crippen molar-refractivity contribution < 1.29 is 14.4 Å². The molecule has 4 N–H and O–H groups in total. The summed E-state index contributed by atoms with van der Waals surface area (Å²) in [5.41, 5.74) is 6.42. The number of hydrogen-bond acceptors (Lipinski definition) is 4. The van der Waals surface area contributed by atoms with E-state index in [9.17, 15) is 14.4 Å². The lowest BCUT2D eigenvalue weighted by atomic mass is 10.1. The lowest BCUT2D eigenvalue weighted by Crippen LogP contribution is -2.30. The van der Waals surface area contributed by atoms with Gasteiger partial charge in [0, 0.05) is 38.1 Å². The van der Waals surface area contributed by atoms with E-state index >= 15 is 0 Å².